The molecule has 2 amide bonds. The van der Waals surface area contributed by atoms with Gasteiger partial charge in [-0.1, -0.05) is 60.7 Å². The summed E-state index contributed by atoms with van der Waals surface area (Å²) in [6, 6.07) is 22.9. The van der Waals surface area contributed by atoms with Gasteiger partial charge in [-0.3, -0.25) is 9.59 Å². The molecule has 0 atom stereocenters. The van der Waals surface area contributed by atoms with Crippen molar-refractivity contribution in [3.63, 3.8) is 0 Å². The van der Waals surface area contributed by atoms with Gasteiger partial charge in [0.1, 0.15) is 5.70 Å². The molecule has 4 heteroatoms. The minimum absolute atomic E-state index is 0.202. The van der Waals surface area contributed by atoms with E-state index in [9.17, 15) is 9.59 Å². The maximum absolute atomic E-state index is 12.6. The molecule has 0 unspecified atom stereocenters. The molecule has 3 aromatic rings. The van der Waals surface area contributed by atoms with E-state index in [-0.39, 0.29) is 17.5 Å². The predicted molar refractivity (Wildman–Crippen MR) is 101 cm³/mol. The number of fused-ring (bicyclic) bond motifs is 1. The molecule has 4 nitrogen and oxygen atoms in total. The average molecular weight is 330 g/mol. The number of benzene rings is 3. The average Bonchev–Trinajstić information content (AvgIpc) is 2.62. The van der Waals surface area contributed by atoms with Gasteiger partial charge >= 0.3 is 0 Å². The molecule has 124 valence electrons. The molecule has 0 fully saturated rings. The molecule has 0 aromatic heterocycles. The van der Waals surface area contributed by atoms with E-state index in [0.29, 0.717) is 5.69 Å². The summed E-state index contributed by atoms with van der Waals surface area (Å²) in [5.74, 6) is -0.663. The van der Waals surface area contributed by atoms with Crippen LogP contribution in [0.5, 0.6) is 0 Å². The Labute approximate surface area is 146 Å². The van der Waals surface area contributed by atoms with Gasteiger partial charge < -0.3 is 10.6 Å². The van der Waals surface area contributed by atoms with E-state index in [1.807, 2.05) is 60.7 Å². The van der Waals surface area contributed by atoms with Gasteiger partial charge in [-0.25, -0.2) is 0 Å². The van der Waals surface area contributed by atoms with Gasteiger partial charge in [0.2, 0.25) is 5.91 Å². The summed E-state index contributed by atoms with van der Waals surface area (Å²) in [5, 5.41) is 7.50. The number of hydrogen-bond acceptors (Lipinski definition) is 2. The van der Waals surface area contributed by atoms with Crippen molar-refractivity contribution in [2.24, 2.45) is 0 Å². The molecule has 0 radical (unpaired) electrons. The molecular weight excluding hydrogens is 312 g/mol. The SMILES string of the molecule is CC(=O)N/C(=C/c1cccc2ccccc12)C(=O)Nc1ccccc1. The molecule has 3 rings (SSSR count). The summed E-state index contributed by atoms with van der Waals surface area (Å²) in [6.45, 7) is 1.38. The van der Waals surface area contributed by atoms with Crippen LogP contribution in [0.2, 0.25) is 0 Å². The third kappa shape index (κ3) is 4.12. The van der Waals surface area contributed by atoms with Crippen LogP contribution in [0.15, 0.2) is 78.5 Å². The van der Waals surface area contributed by atoms with Crippen molar-refractivity contribution in [1.29, 1.82) is 0 Å². The van der Waals surface area contributed by atoms with Gasteiger partial charge in [-0.05, 0) is 34.5 Å². The Bertz CT molecular complexity index is 941. The minimum Gasteiger partial charge on any atom is -0.322 e. The molecule has 0 saturated heterocycles. The van der Waals surface area contributed by atoms with Crippen molar-refractivity contribution in [2.75, 3.05) is 5.32 Å². The monoisotopic (exact) mass is 330 g/mol. The molecular formula is C21H18N2O2. The van der Waals surface area contributed by atoms with Crippen LogP contribution in [-0.2, 0) is 9.59 Å². The lowest BCUT2D eigenvalue weighted by molar-refractivity contribution is -0.120. The van der Waals surface area contributed by atoms with Crippen LogP contribution in [-0.4, -0.2) is 11.8 Å². The molecule has 3 aromatic carbocycles. The van der Waals surface area contributed by atoms with Crippen molar-refractivity contribution in [1.82, 2.24) is 5.32 Å². The van der Waals surface area contributed by atoms with E-state index in [4.69, 9.17) is 0 Å². The first-order chi connectivity index (χ1) is 12.1. The molecule has 0 spiro atoms. The van der Waals surface area contributed by atoms with Crippen LogP contribution in [0.4, 0.5) is 5.69 Å². The van der Waals surface area contributed by atoms with Crippen LogP contribution >= 0.6 is 0 Å². The molecule has 0 aliphatic heterocycles. The second kappa shape index (κ2) is 7.45. The highest BCUT2D eigenvalue weighted by molar-refractivity contribution is 6.09. The maximum Gasteiger partial charge on any atom is 0.272 e. The molecule has 0 bridgehead atoms. The van der Waals surface area contributed by atoms with Gasteiger partial charge in [0.15, 0.2) is 0 Å². The topological polar surface area (TPSA) is 58.2 Å². The van der Waals surface area contributed by atoms with E-state index in [1.165, 1.54) is 6.92 Å². The number of hydrogen-bond donors (Lipinski definition) is 2. The number of anilines is 1. The van der Waals surface area contributed by atoms with Crippen molar-refractivity contribution < 1.29 is 9.59 Å². The zero-order valence-electron chi connectivity index (χ0n) is 13.8. The van der Waals surface area contributed by atoms with Crippen LogP contribution in [0.3, 0.4) is 0 Å². The molecule has 0 aliphatic carbocycles. The smallest absolute Gasteiger partial charge is 0.272 e. The second-order valence-corrected chi connectivity index (χ2v) is 5.63. The van der Waals surface area contributed by atoms with Crippen LogP contribution in [0, 0.1) is 0 Å². The van der Waals surface area contributed by atoms with Gasteiger partial charge in [-0.2, -0.15) is 0 Å². The van der Waals surface area contributed by atoms with Gasteiger partial charge in [-0.15, -0.1) is 0 Å². The first-order valence-electron chi connectivity index (χ1n) is 7.97. The maximum atomic E-state index is 12.6. The summed E-state index contributed by atoms with van der Waals surface area (Å²) in [4.78, 5) is 24.1. The molecule has 0 saturated carbocycles. The summed E-state index contributed by atoms with van der Waals surface area (Å²) < 4.78 is 0. The second-order valence-electron chi connectivity index (χ2n) is 5.63. The Hall–Kier alpha value is -3.40. The number of nitrogens with one attached hydrogen (secondary N) is 2. The van der Waals surface area contributed by atoms with Crippen molar-refractivity contribution in [3.05, 3.63) is 84.1 Å². The highest BCUT2D eigenvalue weighted by atomic mass is 16.2. The van der Waals surface area contributed by atoms with Crippen LogP contribution in [0.1, 0.15) is 12.5 Å². The normalized spacial score (nSPS) is 11.2. The van der Waals surface area contributed by atoms with E-state index < -0.39 is 0 Å². The Morgan fingerprint density at radius 1 is 0.840 bits per heavy atom. The molecule has 25 heavy (non-hydrogen) atoms. The summed E-state index contributed by atoms with van der Waals surface area (Å²) in [5.41, 5.74) is 1.74. The van der Waals surface area contributed by atoms with Crippen LogP contribution in [0.25, 0.3) is 16.8 Å². The van der Waals surface area contributed by atoms with E-state index >= 15 is 0 Å². The third-order valence-corrected chi connectivity index (χ3v) is 3.71. The predicted octanol–water partition coefficient (Wildman–Crippen LogP) is 3.96. The van der Waals surface area contributed by atoms with Gasteiger partial charge in [0.25, 0.3) is 5.91 Å². The molecule has 2 N–H and O–H groups in total. The first kappa shape index (κ1) is 16.5. The van der Waals surface area contributed by atoms with Crippen molar-refractivity contribution in [3.8, 4) is 0 Å². The van der Waals surface area contributed by atoms with Gasteiger partial charge in [0, 0.05) is 12.6 Å². The van der Waals surface area contributed by atoms with E-state index in [0.717, 1.165) is 16.3 Å². The third-order valence-electron chi connectivity index (χ3n) is 3.71. The fourth-order valence-corrected chi connectivity index (χ4v) is 2.60. The van der Waals surface area contributed by atoms with Gasteiger partial charge in [0.05, 0.1) is 0 Å². The first-order valence-corrected chi connectivity index (χ1v) is 7.97. The van der Waals surface area contributed by atoms with Crippen LogP contribution < -0.4 is 10.6 Å². The lowest BCUT2D eigenvalue weighted by Crippen LogP contribution is -2.28. The Morgan fingerprint density at radius 2 is 1.52 bits per heavy atom. The summed E-state index contributed by atoms with van der Waals surface area (Å²) in [6.07, 6.45) is 1.70. The molecule has 0 heterocycles. The Balaban J connectivity index is 1.98. The summed E-state index contributed by atoms with van der Waals surface area (Å²) in [7, 11) is 0. The standard InChI is InChI=1S/C21H18N2O2/c1-15(24)22-20(21(25)23-18-11-3-2-4-12-18)14-17-10-7-9-16-8-5-6-13-19(16)17/h2-14H,1H3,(H,22,24)(H,23,25)/b20-14+. The summed E-state index contributed by atoms with van der Waals surface area (Å²) >= 11 is 0. The van der Waals surface area contributed by atoms with E-state index in [2.05, 4.69) is 10.6 Å². The minimum atomic E-state index is -0.366. The van der Waals surface area contributed by atoms with Crippen molar-refractivity contribution >= 4 is 34.4 Å². The zero-order valence-corrected chi connectivity index (χ0v) is 13.8. The number of rotatable bonds is 4. The van der Waals surface area contributed by atoms with E-state index in [1.54, 1.807) is 18.2 Å². The fraction of sp³-hybridized carbons (Fsp3) is 0.0476. The molecule has 0 aliphatic rings. The zero-order chi connectivity index (χ0) is 17.6. The Morgan fingerprint density at radius 3 is 2.28 bits per heavy atom. The number of para-hydroxylation sites is 1. The largest absolute Gasteiger partial charge is 0.322 e. The lowest BCUT2D eigenvalue weighted by Gasteiger charge is -2.10. The number of carbonyl (C=O) groups excluding carboxylic acids is 2. The fourth-order valence-electron chi connectivity index (χ4n) is 2.60. The number of amides is 2. The lowest BCUT2D eigenvalue weighted by atomic mass is 10.0. The number of carbonyl (C=O) groups is 2. The van der Waals surface area contributed by atoms with Crippen molar-refractivity contribution in [2.45, 2.75) is 6.92 Å². The quantitative estimate of drug-likeness (QED) is 0.712. The highest BCUT2D eigenvalue weighted by Gasteiger charge is 2.12. The Kier molecular flexibility index (Phi) is 4.90. The highest BCUT2D eigenvalue weighted by Crippen LogP contribution is 2.21.